The summed E-state index contributed by atoms with van der Waals surface area (Å²) in [6.07, 6.45) is 0. The number of ether oxygens (including phenoxy) is 1. The van der Waals surface area contributed by atoms with E-state index in [9.17, 15) is 9.59 Å². The number of esters is 2. The van der Waals surface area contributed by atoms with Crippen LogP contribution < -0.4 is 0 Å². The monoisotopic (exact) mass is 250 g/mol. The second-order valence-corrected chi connectivity index (χ2v) is 4.87. The third-order valence-electron chi connectivity index (χ3n) is 3.92. The van der Waals surface area contributed by atoms with Gasteiger partial charge in [-0.1, -0.05) is 48.5 Å². The molecule has 4 rings (SSSR count). The van der Waals surface area contributed by atoms with Crippen LogP contribution in [-0.4, -0.2) is 11.9 Å². The second-order valence-electron chi connectivity index (χ2n) is 4.87. The topological polar surface area (TPSA) is 43.4 Å². The van der Waals surface area contributed by atoms with Crippen molar-refractivity contribution in [3.63, 3.8) is 0 Å². The molecule has 92 valence electrons. The first-order valence-corrected chi connectivity index (χ1v) is 6.21. The Kier molecular flexibility index (Phi) is 1.96. The van der Waals surface area contributed by atoms with Gasteiger partial charge in [0.25, 0.3) is 0 Å². The van der Waals surface area contributed by atoms with Crippen LogP contribution in [0.5, 0.6) is 0 Å². The molecule has 1 saturated heterocycles. The van der Waals surface area contributed by atoms with Gasteiger partial charge in [0.1, 0.15) is 11.8 Å². The van der Waals surface area contributed by atoms with Crippen molar-refractivity contribution in [2.75, 3.05) is 0 Å². The molecule has 0 spiro atoms. The molecule has 19 heavy (non-hydrogen) atoms. The Morgan fingerprint density at radius 1 is 0.684 bits per heavy atom. The molecule has 3 heteroatoms. The lowest BCUT2D eigenvalue weighted by molar-refractivity contribution is -0.152. The zero-order chi connectivity index (χ0) is 13.0. The van der Waals surface area contributed by atoms with Crippen molar-refractivity contribution in [2.24, 2.45) is 0 Å². The van der Waals surface area contributed by atoms with Gasteiger partial charge in [-0.15, -0.1) is 0 Å². The fourth-order valence-corrected chi connectivity index (χ4v) is 3.14. The van der Waals surface area contributed by atoms with E-state index < -0.39 is 23.8 Å². The highest BCUT2D eigenvalue weighted by Gasteiger charge is 2.49. The van der Waals surface area contributed by atoms with E-state index in [1.165, 1.54) is 0 Å². The van der Waals surface area contributed by atoms with Gasteiger partial charge >= 0.3 is 11.9 Å². The highest BCUT2D eigenvalue weighted by Crippen LogP contribution is 2.50. The lowest BCUT2D eigenvalue weighted by atomic mass is 9.73. The summed E-state index contributed by atoms with van der Waals surface area (Å²) in [6.45, 7) is 0. The molecule has 2 aliphatic rings. The molecule has 0 bridgehead atoms. The molecule has 1 aliphatic carbocycles. The highest BCUT2D eigenvalue weighted by molar-refractivity contribution is 6.06. The average molecular weight is 250 g/mol. The normalized spacial score (nSPS) is 23.4. The van der Waals surface area contributed by atoms with Crippen LogP contribution in [-0.2, 0) is 14.3 Å². The summed E-state index contributed by atoms with van der Waals surface area (Å²) in [7, 11) is 0. The Morgan fingerprint density at radius 3 is 1.58 bits per heavy atom. The molecule has 0 N–H and O–H groups in total. The predicted molar refractivity (Wildman–Crippen MR) is 68.5 cm³/mol. The van der Waals surface area contributed by atoms with E-state index in [-0.39, 0.29) is 0 Å². The fourth-order valence-electron chi connectivity index (χ4n) is 3.14. The largest absolute Gasteiger partial charge is 0.392 e. The molecule has 2 aromatic rings. The maximum absolute atomic E-state index is 11.9. The Labute approximate surface area is 109 Å². The van der Waals surface area contributed by atoms with E-state index in [0.717, 1.165) is 22.3 Å². The Hall–Kier alpha value is -2.42. The summed E-state index contributed by atoms with van der Waals surface area (Å²) in [5.41, 5.74) is 3.82. The molecule has 0 amide bonds. The van der Waals surface area contributed by atoms with Crippen molar-refractivity contribution in [2.45, 2.75) is 11.8 Å². The lowest BCUT2D eigenvalue weighted by Gasteiger charge is -2.26. The van der Waals surface area contributed by atoms with E-state index in [1.54, 1.807) is 0 Å². The first-order valence-electron chi connectivity index (χ1n) is 6.21. The quantitative estimate of drug-likeness (QED) is 0.533. The van der Waals surface area contributed by atoms with Gasteiger partial charge in [-0.25, -0.2) is 0 Å². The number of hydrogen-bond acceptors (Lipinski definition) is 3. The number of carbonyl (C=O) groups excluding carboxylic acids is 2. The molecule has 2 unspecified atom stereocenters. The maximum atomic E-state index is 11.9. The molecule has 0 radical (unpaired) electrons. The molecule has 0 aromatic heterocycles. The Morgan fingerprint density at radius 2 is 1.11 bits per heavy atom. The van der Waals surface area contributed by atoms with Crippen molar-refractivity contribution in [3.05, 3.63) is 59.7 Å². The SMILES string of the molecule is O=C1OC(=O)C2c3ccccc3-c3ccccc3C12. The van der Waals surface area contributed by atoms with Crippen molar-refractivity contribution in [3.8, 4) is 11.1 Å². The summed E-state index contributed by atoms with van der Waals surface area (Å²) < 4.78 is 4.84. The van der Waals surface area contributed by atoms with E-state index in [0.29, 0.717) is 0 Å². The first kappa shape index (κ1) is 10.5. The summed E-state index contributed by atoms with van der Waals surface area (Å²) in [5.74, 6) is -1.84. The molecule has 1 heterocycles. The van der Waals surface area contributed by atoms with E-state index >= 15 is 0 Å². The smallest absolute Gasteiger partial charge is 0.322 e. The predicted octanol–water partition coefficient (Wildman–Crippen LogP) is 2.62. The second kappa shape index (κ2) is 3.54. The highest BCUT2D eigenvalue weighted by atomic mass is 16.6. The van der Waals surface area contributed by atoms with Gasteiger partial charge < -0.3 is 4.74 Å². The summed E-state index contributed by atoms with van der Waals surface area (Å²) >= 11 is 0. The number of rotatable bonds is 0. The number of fused-ring (bicyclic) bond motifs is 6. The zero-order valence-corrected chi connectivity index (χ0v) is 10.00. The molecule has 2 atom stereocenters. The average Bonchev–Trinajstić information content (AvgIpc) is 2.75. The molecule has 0 saturated carbocycles. The van der Waals surface area contributed by atoms with E-state index in [4.69, 9.17) is 4.74 Å². The number of carbonyl (C=O) groups is 2. The van der Waals surface area contributed by atoms with Crippen LogP contribution in [0.25, 0.3) is 11.1 Å². The number of benzene rings is 2. The fraction of sp³-hybridized carbons (Fsp3) is 0.125. The molecule has 2 aromatic carbocycles. The van der Waals surface area contributed by atoms with Gasteiger partial charge in [-0.3, -0.25) is 9.59 Å². The summed E-state index contributed by atoms with van der Waals surface area (Å²) in [5, 5.41) is 0. The standard InChI is InChI=1S/C16H10O3/c17-15-13-11-7-3-1-5-9(11)10-6-2-4-8-12(10)14(13)16(18)19-15/h1-8,13-14H. The van der Waals surface area contributed by atoms with Gasteiger partial charge in [0.05, 0.1) is 0 Å². The van der Waals surface area contributed by atoms with Crippen LogP contribution in [0, 0.1) is 0 Å². The van der Waals surface area contributed by atoms with Gasteiger partial charge in [0, 0.05) is 0 Å². The maximum Gasteiger partial charge on any atom is 0.322 e. The third kappa shape index (κ3) is 1.27. The summed E-state index contributed by atoms with van der Waals surface area (Å²) in [6, 6.07) is 15.4. The number of hydrogen-bond donors (Lipinski definition) is 0. The lowest BCUT2D eigenvalue weighted by Crippen LogP contribution is -2.20. The van der Waals surface area contributed by atoms with Crippen LogP contribution in [0.1, 0.15) is 23.0 Å². The Bertz CT molecular complexity index is 656. The first-order chi connectivity index (χ1) is 9.27. The molecule has 1 aliphatic heterocycles. The minimum Gasteiger partial charge on any atom is -0.392 e. The molecular weight excluding hydrogens is 240 g/mol. The van der Waals surface area contributed by atoms with Crippen LogP contribution in [0.4, 0.5) is 0 Å². The Balaban J connectivity index is 2.08. The minimum absolute atomic E-state index is 0.433. The van der Waals surface area contributed by atoms with Crippen molar-refractivity contribution >= 4 is 11.9 Å². The van der Waals surface area contributed by atoms with Gasteiger partial charge in [0.15, 0.2) is 0 Å². The van der Waals surface area contributed by atoms with Crippen molar-refractivity contribution in [1.29, 1.82) is 0 Å². The van der Waals surface area contributed by atoms with Gasteiger partial charge in [0.2, 0.25) is 0 Å². The van der Waals surface area contributed by atoms with Crippen molar-refractivity contribution < 1.29 is 14.3 Å². The molecule has 1 fully saturated rings. The summed E-state index contributed by atoms with van der Waals surface area (Å²) in [4.78, 5) is 23.9. The van der Waals surface area contributed by atoms with Crippen LogP contribution >= 0.6 is 0 Å². The number of cyclic esters (lactones) is 2. The van der Waals surface area contributed by atoms with Crippen LogP contribution in [0.15, 0.2) is 48.5 Å². The van der Waals surface area contributed by atoms with E-state index in [2.05, 4.69) is 0 Å². The minimum atomic E-state index is -0.487. The zero-order valence-electron chi connectivity index (χ0n) is 10.00. The van der Waals surface area contributed by atoms with Gasteiger partial charge in [-0.05, 0) is 22.3 Å². The van der Waals surface area contributed by atoms with Crippen LogP contribution in [0.2, 0.25) is 0 Å². The van der Waals surface area contributed by atoms with Gasteiger partial charge in [-0.2, -0.15) is 0 Å². The molecule has 3 nitrogen and oxygen atoms in total. The third-order valence-corrected chi connectivity index (χ3v) is 3.92. The molecular formula is C16H10O3. The van der Waals surface area contributed by atoms with Crippen molar-refractivity contribution in [1.82, 2.24) is 0 Å². The van der Waals surface area contributed by atoms with E-state index in [1.807, 2.05) is 48.5 Å². The van der Waals surface area contributed by atoms with Crippen LogP contribution in [0.3, 0.4) is 0 Å².